The zero-order chi connectivity index (χ0) is 15.4. The van der Waals surface area contributed by atoms with E-state index in [1.54, 1.807) is 6.20 Å². The Kier molecular flexibility index (Phi) is 4.44. The molecule has 22 heavy (non-hydrogen) atoms. The van der Waals surface area contributed by atoms with Crippen molar-refractivity contribution < 1.29 is 4.79 Å². The second-order valence-corrected chi connectivity index (χ2v) is 5.96. The molecule has 4 nitrogen and oxygen atoms in total. The summed E-state index contributed by atoms with van der Waals surface area (Å²) in [5.41, 5.74) is 2.31. The molecule has 0 saturated carbocycles. The van der Waals surface area contributed by atoms with Gasteiger partial charge >= 0.3 is 0 Å². The van der Waals surface area contributed by atoms with Gasteiger partial charge in [-0.1, -0.05) is 31.5 Å². The molecule has 1 aliphatic heterocycles. The maximum Gasteiger partial charge on any atom is 0.280 e. The highest BCUT2D eigenvalue weighted by Gasteiger charge is 2.30. The molecule has 1 aromatic heterocycles. The van der Waals surface area contributed by atoms with E-state index in [1.807, 2.05) is 41.8 Å². The minimum atomic E-state index is -0.0764. The van der Waals surface area contributed by atoms with Gasteiger partial charge in [-0.05, 0) is 31.1 Å². The van der Waals surface area contributed by atoms with Crippen LogP contribution < -0.4 is 5.01 Å². The first-order valence-electron chi connectivity index (χ1n) is 7.38. The number of unbranched alkanes of at least 4 members (excludes halogenated alkanes) is 1. The Hall–Kier alpha value is -2.27. The van der Waals surface area contributed by atoms with Gasteiger partial charge in [-0.25, -0.2) is 4.98 Å². The zero-order valence-electron chi connectivity index (χ0n) is 12.4. The molecule has 0 unspecified atom stereocenters. The summed E-state index contributed by atoms with van der Waals surface area (Å²) in [5, 5.41) is 8.78. The summed E-state index contributed by atoms with van der Waals surface area (Å²) in [6, 6.07) is 9.53. The first kappa shape index (κ1) is 14.7. The number of carbonyl (C=O) groups excluding carboxylic acids is 1. The van der Waals surface area contributed by atoms with Gasteiger partial charge in [0.2, 0.25) is 0 Å². The Balaban J connectivity index is 1.95. The Morgan fingerprint density at radius 2 is 2.09 bits per heavy atom. The van der Waals surface area contributed by atoms with Crippen LogP contribution in [0.1, 0.15) is 31.2 Å². The summed E-state index contributed by atoms with van der Waals surface area (Å²) in [7, 11) is 0. The van der Waals surface area contributed by atoms with Crippen molar-refractivity contribution in [2.24, 2.45) is 5.10 Å². The van der Waals surface area contributed by atoms with Crippen molar-refractivity contribution in [3.05, 3.63) is 52.5 Å². The van der Waals surface area contributed by atoms with E-state index in [4.69, 9.17) is 0 Å². The molecule has 2 heterocycles. The third-order valence-electron chi connectivity index (χ3n) is 3.44. The van der Waals surface area contributed by atoms with Crippen molar-refractivity contribution in [3.8, 4) is 0 Å². The van der Waals surface area contributed by atoms with E-state index in [9.17, 15) is 4.79 Å². The number of thiazole rings is 1. The monoisotopic (exact) mass is 311 g/mol. The number of nitrogens with zero attached hydrogens (tertiary/aromatic N) is 3. The van der Waals surface area contributed by atoms with Gasteiger partial charge in [-0.2, -0.15) is 10.1 Å². The Morgan fingerprint density at radius 1 is 1.27 bits per heavy atom. The SMILES string of the molecule is CCCCC1=NN(c2ccccc2)C(=O)/C1=C\c1nccs1. The van der Waals surface area contributed by atoms with E-state index in [2.05, 4.69) is 17.0 Å². The number of hydrazone groups is 1. The molecule has 3 rings (SSSR count). The van der Waals surface area contributed by atoms with E-state index < -0.39 is 0 Å². The number of aromatic nitrogens is 1. The predicted octanol–water partition coefficient (Wildman–Crippen LogP) is 4.12. The van der Waals surface area contributed by atoms with Crippen LogP contribution in [0.25, 0.3) is 6.08 Å². The Labute approximate surface area is 133 Å². The molecule has 0 atom stereocenters. The molecule has 112 valence electrons. The van der Waals surface area contributed by atoms with Gasteiger partial charge in [0.1, 0.15) is 5.01 Å². The summed E-state index contributed by atoms with van der Waals surface area (Å²) < 4.78 is 0. The van der Waals surface area contributed by atoms with Crippen molar-refractivity contribution in [2.75, 3.05) is 5.01 Å². The average Bonchev–Trinajstić information content (AvgIpc) is 3.16. The van der Waals surface area contributed by atoms with Gasteiger partial charge in [-0.15, -0.1) is 11.3 Å². The van der Waals surface area contributed by atoms with Crippen LogP contribution in [-0.2, 0) is 4.79 Å². The second kappa shape index (κ2) is 6.66. The minimum Gasteiger partial charge on any atom is -0.267 e. The lowest BCUT2D eigenvalue weighted by Crippen LogP contribution is -2.21. The molecule has 0 aliphatic carbocycles. The molecule has 1 aliphatic rings. The van der Waals surface area contributed by atoms with Crippen LogP contribution in [0.5, 0.6) is 0 Å². The lowest BCUT2D eigenvalue weighted by Gasteiger charge is -2.10. The standard InChI is InChI=1S/C17H17N3OS/c1-2-3-9-15-14(12-16-18-10-11-22-16)17(21)20(19-15)13-7-5-4-6-8-13/h4-8,10-12H,2-3,9H2,1H3/b14-12-. The second-order valence-electron chi connectivity index (χ2n) is 5.03. The van der Waals surface area contributed by atoms with Gasteiger partial charge in [0.25, 0.3) is 5.91 Å². The molecule has 0 N–H and O–H groups in total. The van der Waals surface area contributed by atoms with Gasteiger partial charge in [0.15, 0.2) is 0 Å². The highest BCUT2D eigenvalue weighted by atomic mass is 32.1. The number of rotatable bonds is 5. The number of benzene rings is 1. The molecular weight excluding hydrogens is 294 g/mol. The van der Waals surface area contributed by atoms with E-state index in [0.29, 0.717) is 5.57 Å². The van der Waals surface area contributed by atoms with Crippen LogP contribution in [0.15, 0.2) is 52.6 Å². The van der Waals surface area contributed by atoms with Gasteiger partial charge < -0.3 is 0 Å². The van der Waals surface area contributed by atoms with Crippen LogP contribution in [0.2, 0.25) is 0 Å². The summed E-state index contributed by atoms with van der Waals surface area (Å²) in [6.07, 6.45) is 6.49. The number of amides is 1. The van der Waals surface area contributed by atoms with Crippen molar-refractivity contribution >= 4 is 34.7 Å². The number of para-hydroxylation sites is 1. The zero-order valence-corrected chi connectivity index (χ0v) is 13.2. The van der Waals surface area contributed by atoms with Crippen LogP contribution in [0, 0.1) is 0 Å². The smallest absolute Gasteiger partial charge is 0.267 e. The molecule has 0 bridgehead atoms. The molecule has 5 heteroatoms. The largest absolute Gasteiger partial charge is 0.280 e. The highest BCUT2D eigenvalue weighted by molar-refractivity contribution is 7.10. The first-order chi connectivity index (χ1) is 10.8. The number of hydrogen-bond donors (Lipinski definition) is 0. The van der Waals surface area contributed by atoms with E-state index in [-0.39, 0.29) is 5.91 Å². The van der Waals surface area contributed by atoms with Gasteiger partial charge in [-0.3, -0.25) is 4.79 Å². The summed E-state index contributed by atoms with van der Waals surface area (Å²) in [4.78, 5) is 17.0. The van der Waals surface area contributed by atoms with Crippen LogP contribution >= 0.6 is 11.3 Å². The molecule has 0 radical (unpaired) electrons. The maximum absolute atomic E-state index is 12.7. The Bertz CT molecular complexity index is 705. The number of anilines is 1. The first-order valence-corrected chi connectivity index (χ1v) is 8.26. The fraction of sp³-hybridized carbons (Fsp3) is 0.235. The lowest BCUT2D eigenvalue weighted by molar-refractivity contribution is -0.114. The van der Waals surface area contributed by atoms with Crippen LogP contribution in [0.3, 0.4) is 0 Å². The van der Waals surface area contributed by atoms with Crippen molar-refractivity contribution in [1.29, 1.82) is 0 Å². The van der Waals surface area contributed by atoms with Gasteiger partial charge in [0, 0.05) is 11.6 Å². The van der Waals surface area contributed by atoms with Gasteiger partial charge in [0.05, 0.1) is 17.0 Å². The molecule has 0 saturated heterocycles. The fourth-order valence-corrected chi connectivity index (χ4v) is 2.87. The molecular formula is C17H17N3OS. The minimum absolute atomic E-state index is 0.0764. The molecule has 2 aromatic rings. The van der Waals surface area contributed by atoms with Crippen LogP contribution in [-0.4, -0.2) is 16.6 Å². The highest BCUT2D eigenvalue weighted by Crippen LogP contribution is 2.27. The lowest BCUT2D eigenvalue weighted by atomic mass is 10.0. The third kappa shape index (κ3) is 2.99. The fourth-order valence-electron chi connectivity index (χ4n) is 2.30. The molecule has 1 amide bonds. The normalized spacial score (nSPS) is 16.4. The Morgan fingerprint density at radius 3 is 2.77 bits per heavy atom. The summed E-state index contributed by atoms with van der Waals surface area (Å²) in [5.74, 6) is -0.0764. The number of carbonyl (C=O) groups is 1. The summed E-state index contributed by atoms with van der Waals surface area (Å²) in [6.45, 7) is 2.14. The van der Waals surface area contributed by atoms with Crippen molar-refractivity contribution in [3.63, 3.8) is 0 Å². The quantitative estimate of drug-likeness (QED) is 0.780. The molecule has 0 spiro atoms. The van der Waals surface area contributed by atoms with Crippen LogP contribution in [0.4, 0.5) is 5.69 Å². The number of hydrogen-bond acceptors (Lipinski definition) is 4. The molecule has 0 fully saturated rings. The predicted molar refractivity (Wildman–Crippen MR) is 91.0 cm³/mol. The third-order valence-corrected chi connectivity index (χ3v) is 4.16. The van der Waals surface area contributed by atoms with E-state index in [0.717, 1.165) is 35.7 Å². The van der Waals surface area contributed by atoms with E-state index >= 15 is 0 Å². The average molecular weight is 311 g/mol. The maximum atomic E-state index is 12.7. The molecule has 1 aromatic carbocycles. The van der Waals surface area contributed by atoms with Crippen molar-refractivity contribution in [2.45, 2.75) is 26.2 Å². The topological polar surface area (TPSA) is 45.6 Å². The van der Waals surface area contributed by atoms with E-state index in [1.165, 1.54) is 16.3 Å². The van der Waals surface area contributed by atoms with Crippen molar-refractivity contribution in [1.82, 2.24) is 4.98 Å². The summed E-state index contributed by atoms with van der Waals surface area (Å²) >= 11 is 1.52.